The summed E-state index contributed by atoms with van der Waals surface area (Å²) in [5, 5.41) is 9.22. The van der Waals surface area contributed by atoms with Gasteiger partial charge in [-0.3, -0.25) is 4.79 Å². The fraction of sp³-hybridized carbons (Fsp3) is 0.105. The van der Waals surface area contributed by atoms with E-state index in [1.807, 2.05) is 36.4 Å². The molecule has 2 aromatic carbocycles. The van der Waals surface area contributed by atoms with Crippen LogP contribution in [0.25, 0.3) is 11.0 Å². The number of nitrogens with zero attached hydrogens (tertiary/aromatic N) is 2. The number of thiazole rings is 1. The maximum absolute atomic E-state index is 12.3. The largest absolute Gasteiger partial charge is 0.356 e. The molecule has 0 bridgehead atoms. The van der Waals surface area contributed by atoms with Crippen molar-refractivity contribution in [3.05, 3.63) is 74.8 Å². The minimum absolute atomic E-state index is 0.124. The zero-order chi connectivity index (χ0) is 18.8. The van der Waals surface area contributed by atoms with Crippen LogP contribution in [0, 0.1) is 0 Å². The van der Waals surface area contributed by atoms with E-state index in [1.165, 1.54) is 11.3 Å². The van der Waals surface area contributed by atoms with Crippen LogP contribution in [0.5, 0.6) is 0 Å². The molecule has 0 unspecified atom stereocenters. The lowest BCUT2D eigenvalue weighted by Gasteiger charge is -2.01. The molecule has 2 aromatic heterocycles. The van der Waals surface area contributed by atoms with Crippen LogP contribution in [0.4, 0.5) is 5.13 Å². The molecule has 4 rings (SSSR count). The van der Waals surface area contributed by atoms with E-state index in [9.17, 15) is 4.79 Å². The van der Waals surface area contributed by atoms with Gasteiger partial charge in [0.15, 0.2) is 10.7 Å². The summed E-state index contributed by atoms with van der Waals surface area (Å²) in [6.45, 7) is 0. The molecule has 4 aromatic rings. The summed E-state index contributed by atoms with van der Waals surface area (Å²) in [6.07, 6.45) is 2.53. The summed E-state index contributed by atoms with van der Waals surface area (Å²) in [7, 11) is 0. The minimum Gasteiger partial charge on any atom is -0.356 e. The fourth-order valence-electron chi connectivity index (χ4n) is 2.68. The van der Waals surface area contributed by atoms with E-state index >= 15 is 0 Å². The Hall–Kier alpha value is -2.41. The molecule has 0 atom stereocenters. The van der Waals surface area contributed by atoms with Crippen LogP contribution in [-0.2, 0) is 17.6 Å². The first kappa shape index (κ1) is 18.0. The van der Waals surface area contributed by atoms with Gasteiger partial charge in [-0.15, -0.1) is 11.3 Å². The first-order valence-electron chi connectivity index (χ1n) is 8.10. The molecule has 8 heteroatoms. The summed E-state index contributed by atoms with van der Waals surface area (Å²) in [5.74, 6) is -0.190. The second-order valence-electron chi connectivity index (χ2n) is 5.91. The summed E-state index contributed by atoms with van der Waals surface area (Å²) in [4.78, 5) is 17.6. The number of rotatable bonds is 5. The molecule has 136 valence electrons. The van der Waals surface area contributed by atoms with E-state index in [0.29, 0.717) is 32.9 Å². The topological polar surface area (TPSA) is 68.0 Å². The summed E-state index contributed by atoms with van der Waals surface area (Å²) >= 11 is 13.4. The third kappa shape index (κ3) is 4.13. The Balaban J connectivity index is 1.41. The SMILES string of the molecule is O=C(Cc1noc2ccccc12)Nc1ncc(Cc2ccc(Cl)c(Cl)c2)s1. The number of anilines is 1. The Kier molecular flexibility index (Phi) is 5.11. The van der Waals surface area contributed by atoms with Gasteiger partial charge in [-0.05, 0) is 29.8 Å². The van der Waals surface area contributed by atoms with Crippen LogP contribution in [0.2, 0.25) is 10.0 Å². The number of halogens is 2. The van der Waals surface area contributed by atoms with Crippen molar-refractivity contribution in [2.75, 3.05) is 5.32 Å². The predicted molar refractivity (Wildman–Crippen MR) is 108 cm³/mol. The molecule has 0 saturated heterocycles. The Morgan fingerprint density at radius 1 is 1.15 bits per heavy atom. The quantitative estimate of drug-likeness (QED) is 0.474. The van der Waals surface area contributed by atoms with Gasteiger partial charge in [0.1, 0.15) is 5.69 Å². The van der Waals surface area contributed by atoms with Crippen molar-refractivity contribution in [1.29, 1.82) is 0 Å². The van der Waals surface area contributed by atoms with Crippen molar-refractivity contribution < 1.29 is 9.32 Å². The zero-order valence-corrected chi connectivity index (χ0v) is 16.2. The van der Waals surface area contributed by atoms with Gasteiger partial charge >= 0.3 is 0 Å². The number of benzene rings is 2. The van der Waals surface area contributed by atoms with Gasteiger partial charge in [0.2, 0.25) is 5.91 Å². The van der Waals surface area contributed by atoms with Crippen molar-refractivity contribution >= 4 is 56.5 Å². The fourth-order valence-corrected chi connectivity index (χ4v) is 3.86. The van der Waals surface area contributed by atoms with Gasteiger partial charge < -0.3 is 9.84 Å². The van der Waals surface area contributed by atoms with Crippen molar-refractivity contribution in [3.8, 4) is 0 Å². The molecule has 0 saturated carbocycles. The maximum atomic E-state index is 12.3. The number of aromatic nitrogens is 2. The lowest BCUT2D eigenvalue weighted by atomic mass is 10.1. The molecule has 1 N–H and O–H groups in total. The molecular formula is C19H13Cl2N3O2S. The zero-order valence-electron chi connectivity index (χ0n) is 13.9. The van der Waals surface area contributed by atoms with Gasteiger partial charge in [-0.2, -0.15) is 0 Å². The van der Waals surface area contributed by atoms with Crippen LogP contribution in [-0.4, -0.2) is 16.0 Å². The van der Waals surface area contributed by atoms with Crippen molar-refractivity contribution in [1.82, 2.24) is 10.1 Å². The van der Waals surface area contributed by atoms with Gasteiger partial charge in [-0.25, -0.2) is 4.98 Å². The second-order valence-corrected chi connectivity index (χ2v) is 7.84. The molecule has 0 fully saturated rings. The molecule has 0 aliphatic heterocycles. The molecule has 0 spiro atoms. The first-order valence-corrected chi connectivity index (χ1v) is 9.67. The van der Waals surface area contributed by atoms with E-state index in [4.69, 9.17) is 27.7 Å². The monoisotopic (exact) mass is 417 g/mol. The normalized spacial score (nSPS) is 11.0. The van der Waals surface area contributed by atoms with Crippen LogP contribution in [0.1, 0.15) is 16.1 Å². The molecule has 0 aliphatic rings. The molecule has 2 heterocycles. The third-order valence-electron chi connectivity index (χ3n) is 3.94. The predicted octanol–water partition coefficient (Wildman–Crippen LogP) is 5.36. The van der Waals surface area contributed by atoms with E-state index < -0.39 is 0 Å². The molecular weight excluding hydrogens is 405 g/mol. The molecule has 0 radical (unpaired) electrons. The highest BCUT2D eigenvalue weighted by Crippen LogP contribution is 2.26. The number of carbonyl (C=O) groups is 1. The van der Waals surface area contributed by atoms with Crippen molar-refractivity contribution in [2.24, 2.45) is 0 Å². The van der Waals surface area contributed by atoms with Crippen LogP contribution < -0.4 is 5.32 Å². The number of hydrogen-bond acceptors (Lipinski definition) is 5. The standard InChI is InChI=1S/C19H13Cl2N3O2S/c20-14-6-5-11(8-15(14)21)7-12-10-22-19(27-12)23-18(25)9-16-13-3-1-2-4-17(13)26-24-16/h1-6,8,10H,7,9H2,(H,22,23,25). The molecule has 0 aliphatic carbocycles. The number of hydrogen-bond donors (Lipinski definition) is 1. The van der Waals surface area contributed by atoms with Crippen molar-refractivity contribution in [2.45, 2.75) is 12.8 Å². The molecule has 1 amide bonds. The highest BCUT2D eigenvalue weighted by molar-refractivity contribution is 7.15. The summed E-state index contributed by atoms with van der Waals surface area (Å²) in [6, 6.07) is 13.0. The van der Waals surface area contributed by atoms with Gasteiger partial charge in [0.05, 0.1) is 16.5 Å². The van der Waals surface area contributed by atoms with Gasteiger partial charge in [-0.1, -0.05) is 46.6 Å². The minimum atomic E-state index is -0.190. The first-order chi connectivity index (χ1) is 13.1. The van der Waals surface area contributed by atoms with Crippen molar-refractivity contribution in [3.63, 3.8) is 0 Å². The van der Waals surface area contributed by atoms with Crippen LogP contribution in [0.3, 0.4) is 0 Å². The Bertz CT molecular complexity index is 1120. The smallest absolute Gasteiger partial charge is 0.232 e. The lowest BCUT2D eigenvalue weighted by molar-refractivity contribution is -0.115. The number of fused-ring (bicyclic) bond motifs is 1. The second kappa shape index (κ2) is 7.68. The van der Waals surface area contributed by atoms with Gasteiger partial charge in [0, 0.05) is 22.9 Å². The Morgan fingerprint density at radius 2 is 2.00 bits per heavy atom. The van der Waals surface area contributed by atoms with Crippen LogP contribution >= 0.6 is 34.5 Å². The van der Waals surface area contributed by atoms with E-state index in [1.54, 1.807) is 12.3 Å². The number of nitrogens with one attached hydrogen (secondary N) is 1. The number of amides is 1. The number of carbonyl (C=O) groups excluding carboxylic acids is 1. The maximum Gasteiger partial charge on any atom is 0.232 e. The van der Waals surface area contributed by atoms with E-state index in [0.717, 1.165) is 15.8 Å². The van der Waals surface area contributed by atoms with Gasteiger partial charge in [0.25, 0.3) is 0 Å². The third-order valence-corrected chi connectivity index (χ3v) is 5.59. The van der Waals surface area contributed by atoms with E-state index in [2.05, 4.69) is 15.5 Å². The highest BCUT2D eigenvalue weighted by atomic mass is 35.5. The highest BCUT2D eigenvalue weighted by Gasteiger charge is 2.14. The Morgan fingerprint density at radius 3 is 2.85 bits per heavy atom. The Labute approximate surface area is 168 Å². The molecule has 5 nitrogen and oxygen atoms in total. The summed E-state index contributed by atoms with van der Waals surface area (Å²) in [5.41, 5.74) is 2.30. The average Bonchev–Trinajstić information content (AvgIpc) is 3.25. The average molecular weight is 418 g/mol. The molecule has 27 heavy (non-hydrogen) atoms. The summed E-state index contributed by atoms with van der Waals surface area (Å²) < 4.78 is 5.23. The van der Waals surface area contributed by atoms with Crippen LogP contribution in [0.15, 0.2) is 53.2 Å². The number of para-hydroxylation sites is 1. The van der Waals surface area contributed by atoms with E-state index in [-0.39, 0.29) is 12.3 Å². The lowest BCUT2D eigenvalue weighted by Crippen LogP contribution is -2.14.